The molecule has 4 heteroatoms. The van der Waals surface area contributed by atoms with Crippen molar-refractivity contribution in [3.8, 4) is 0 Å². The Bertz CT molecular complexity index is 312. The lowest BCUT2D eigenvalue weighted by Crippen LogP contribution is -2.11. The van der Waals surface area contributed by atoms with E-state index in [2.05, 4.69) is 0 Å². The summed E-state index contributed by atoms with van der Waals surface area (Å²) >= 11 is 0. The van der Waals surface area contributed by atoms with E-state index in [1.54, 1.807) is 0 Å². The second kappa shape index (κ2) is 3.16. The lowest BCUT2D eigenvalue weighted by Gasteiger charge is -1.93. The summed E-state index contributed by atoms with van der Waals surface area (Å²) in [5, 5.41) is 9.90. The van der Waals surface area contributed by atoms with Gasteiger partial charge < -0.3 is 5.11 Å². The number of benzene rings is 1. The maximum atomic E-state index is 10.3. The molecular formula is C9H9NO3. The molecule has 0 radical (unpaired) electrons. The van der Waals surface area contributed by atoms with Gasteiger partial charge in [0.2, 0.25) is 0 Å². The van der Waals surface area contributed by atoms with Crippen molar-refractivity contribution in [3.63, 3.8) is 0 Å². The fourth-order valence-corrected chi connectivity index (χ4v) is 1.20. The second-order valence-electron chi connectivity index (χ2n) is 2.84. The first kappa shape index (κ1) is 8.22. The van der Waals surface area contributed by atoms with Gasteiger partial charge in [0.1, 0.15) is 6.54 Å². The van der Waals surface area contributed by atoms with E-state index in [1.807, 2.05) is 30.3 Å². The van der Waals surface area contributed by atoms with Crippen LogP contribution in [0.5, 0.6) is 0 Å². The van der Waals surface area contributed by atoms with E-state index in [9.17, 15) is 4.79 Å². The highest BCUT2D eigenvalue weighted by molar-refractivity contribution is 5.69. The molecule has 68 valence electrons. The van der Waals surface area contributed by atoms with Crippen LogP contribution in [-0.4, -0.2) is 22.7 Å². The van der Waals surface area contributed by atoms with E-state index in [0.717, 1.165) is 5.56 Å². The third kappa shape index (κ3) is 1.85. The molecule has 0 spiro atoms. The largest absolute Gasteiger partial charge is 0.480 e. The van der Waals surface area contributed by atoms with Gasteiger partial charge in [-0.15, -0.1) is 5.06 Å². The van der Waals surface area contributed by atoms with Gasteiger partial charge in [-0.25, -0.2) is 0 Å². The van der Waals surface area contributed by atoms with Crippen LogP contribution in [0.15, 0.2) is 30.3 Å². The molecule has 0 amide bonds. The molecule has 1 aliphatic rings. The van der Waals surface area contributed by atoms with E-state index in [-0.39, 0.29) is 12.8 Å². The molecule has 1 aromatic carbocycles. The van der Waals surface area contributed by atoms with E-state index in [4.69, 9.17) is 9.94 Å². The topological polar surface area (TPSA) is 52.8 Å². The van der Waals surface area contributed by atoms with Crippen LogP contribution in [0.1, 0.15) is 11.8 Å². The molecule has 2 rings (SSSR count). The average molecular weight is 179 g/mol. The summed E-state index contributed by atoms with van der Waals surface area (Å²) in [4.78, 5) is 15.4. The van der Waals surface area contributed by atoms with Crippen molar-refractivity contribution in [2.24, 2.45) is 0 Å². The normalized spacial score (nSPS) is 25.5. The Balaban J connectivity index is 1.97. The van der Waals surface area contributed by atoms with Crippen molar-refractivity contribution in [2.75, 3.05) is 6.54 Å². The third-order valence-corrected chi connectivity index (χ3v) is 1.83. The van der Waals surface area contributed by atoms with Gasteiger partial charge >= 0.3 is 5.97 Å². The summed E-state index contributed by atoms with van der Waals surface area (Å²) in [6.07, 6.45) is -0.169. The van der Waals surface area contributed by atoms with Gasteiger partial charge in [0.05, 0.1) is 0 Å². The molecule has 0 saturated carbocycles. The molecular weight excluding hydrogens is 170 g/mol. The van der Waals surface area contributed by atoms with Gasteiger partial charge in [-0.3, -0.25) is 9.63 Å². The molecule has 1 saturated heterocycles. The van der Waals surface area contributed by atoms with E-state index >= 15 is 0 Å². The van der Waals surface area contributed by atoms with Crippen LogP contribution >= 0.6 is 0 Å². The van der Waals surface area contributed by atoms with E-state index in [0.29, 0.717) is 0 Å². The monoisotopic (exact) mass is 179 g/mol. The molecule has 2 unspecified atom stereocenters. The summed E-state index contributed by atoms with van der Waals surface area (Å²) in [7, 11) is 0. The number of carboxylic acid groups (broad SMARTS) is 1. The molecule has 1 heterocycles. The molecule has 1 aliphatic heterocycles. The van der Waals surface area contributed by atoms with Crippen molar-refractivity contribution in [1.82, 2.24) is 5.06 Å². The molecule has 1 N–H and O–H groups in total. The number of rotatable bonds is 3. The molecule has 2 atom stereocenters. The summed E-state index contributed by atoms with van der Waals surface area (Å²) < 4.78 is 0. The van der Waals surface area contributed by atoms with Gasteiger partial charge in [-0.1, -0.05) is 30.3 Å². The minimum Gasteiger partial charge on any atom is -0.480 e. The minimum atomic E-state index is -0.876. The summed E-state index contributed by atoms with van der Waals surface area (Å²) in [6, 6.07) is 9.53. The number of hydroxylamine groups is 2. The zero-order chi connectivity index (χ0) is 9.26. The van der Waals surface area contributed by atoms with E-state index in [1.165, 1.54) is 5.06 Å². The fourth-order valence-electron chi connectivity index (χ4n) is 1.20. The Morgan fingerprint density at radius 1 is 1.46 bits per heavy atom. The molecule has 0 aliphatic carbocycles. The minimum absolute atomic E-state index is 0.0699. The van der Waals surface area contributed by atoms with Crippen molar-refractivity contribution < 1.29 is 14.7 Å². The quantitative estimate of drug-likeness (QED) is 0.704. The predicted octanol–water partition coefficient (Wildman–Crippen LogP) is 1.02. The lowest BCUT2D eigenvalue weighted by molar-refractivity contribution is -0.138. The summed E-state index contributed by atoms with van der Waals surface area (Å²) in [6.45, 7) is -0.0699. The first-order chi connectivity index (χ1) is 6.27. The van der Waals surface area contributed by atoms with Crippen molar-refractivity contribution >= 4 is 5.97 Å². The Labute approximate surface area is 75.3 Å². The number of carboxylic acids is 1. The van der Waals surface area contributed by atoms with Gasteiger partial charge in [0, 0.05) is 0 Å². The smallest absolute Gasteiger partial charge is 0.320 e. The maximum absolute atomic E-state index is 10.3. The Kier molecular flexibility index (Phi) is 2.00. The lowest BCUT2D eigenvalue weighted by atomic mass is 10.2. The van der Waals surface area contributed by atoms with Gasteiger partial charge in [-0.05, 0) is 5.56 Å². The molecule has 1 fully saturated rings. The number of hydrogen-bond donors (Lipinski definition) is 1. The highest BCUT2D eigenvalue weighted by atomic mass is 16.8. The van der Waals surface area contributed by atoms with Crippen LogP contribution in [0.4, 0.5) is 0 Å². The van der Waals surface area contributed by atoms with Crippen molar-refractivity contribution in [1.29, 1.82) is 0 Å². The fraction of sp³-hybridized carbons (Fsp3) is 0.222. The van der Waals surface area contributed by atoms with Gasteiger partial charge in [0.25, 0.3) is 0 Å². The standard InChI is InChI=1S/C9H9NO3/c11-8(12)6-10-9(13-10)7-4-2-1-3-5-7/h1-5,9H,6H2,(H,11,12). The second-order valence-corrected chi connectivity index (χ2v) is 2.84. The predicted molar refractivity (Wildman–Crippen MR) is 44.6 cm³/mol. The molecule has 13 heavy (non-hydrogen) atoms. The first-order valence-corrected chi connectivity index (χ1v) is 3.97. The highest BCUT2D eigenvalue weighted by Crippen LogP contribution is 2.35. The SMILES string of the molecule is O=C(O)CN1OC1c1ccccc1. The van der Waals surface area contributed by atoms with Crippen LogP contribution in [0, 0.1) is 0 Å². The Hall–Kier alpha value is -1.39. The molecule has 0 aromatic heterocycles. The molecule has 1 aromatic rings. The van der Waals surface area contributed by atoms with Crippen molar-refractivity contribution in [3.05, 3.63) is 35.9 Å². The van der Waals surface area contributed by atoms with Gasteiger partial charge in [-0.2, -0.15) is 0 Å². The number of aliphatic carboxylic acids is 1. The van der Waals surface area contributed by atoms with Crippen LogP contribution in [0.3, 0.4) is 0 Å². The number of nitrogens with zero attached hydrogens (tertiary/aromatic N) is 1. The zero-order valence-corrected chi connectivity index (χ0v) is 6.88. The van der Waals surface area contributed by atoms with Crippen LogP contribution in [-0.2, 0) is 9.63 Å². The van der Waals surface area contributed by atoms with Crippen molar-refractivity contribution in [2.45, 2.75) is 6.23 Å². The van der Waals surface area contributed by atoms with Crippen LogP contribution < -0.4 is 0 Å². The van der Waals surface area contributed by atoms with Crippen LogP contribution in [0.25, 0.3) is 0 Å². The zero-order valence-electron chi connectivity index (χ0n) is 6.88. The van der Waals surface area contributed by atoms with Gasteiger partial charge in [0.15, 0.2) is 6.23 Å². The van der Waals surface area contributed by atoms with E-state index < -0.39 is 5.97 Å². The number of carbonyl (C=O) groups is 1. The first-order valence-electron chi connectivity index (χ1n) is 3.97. The highest BCUT2D eigenvalue weighted by Gasteiger charge is 2.39. The van der Waals surface area contributed by atoms with Crippen LogP contribution in [0.2, 0.25) is 0 Å². The molecule has 4 nitrogen and oxygen atoms in total. The third-order valence-electron chi connectivity index (χ3n) is 1.83. The average Bonchev–Trinajstić information content (AvgIpc) is 2.84. The maximum Gasteiger partial charge on any atom is 0.320 e. The Morgan fingerprint density at radius 2 is 2.15 bits per heavy atom. The summed E-state index contributed by atoms with van der Waals surface area (Å²) in [5.41, 5.74) is 0.990. The number of hydrogen-bond acceptors (Lipinski definition) is 3. The summed E-state index contributed by atoms with van der Waals surface area (Å²) in [5.74, 6) is -0.876. The molecule has 0 bridgehead atoms. The Morgan fingerprint density at radius 3 is 2.77 bits per heavy atom.